The Labute approximate surface area is 128 Å². The van der Waals surface area contributed by atoms with Crippen molar-refractivity contribution in [1.82, 2.24) is 14.9 Å². The SMILES string of the molecule is CC(CN)CN1CCCN(c2cc(C(C)C)ncn2)CC1. The molecule has 2 heterocycles. The van der Waals surface area contributed by atoms with Crippen molar-refractivity contribution >= 4 is 5.82 Å². The molecule has 5 heteroatoms. The number of rotatable bonds is 5. The van der Waals surface area contributed by atoms with Crippen molar-refractivity contribution in [3.8, 4) is 0 Å². The van der Waals surface area contributed by atoms with Crippen LogP contribution in [-0.2, 0) is 0 Å². The number of hydrogen-bond acceptors (Lipinski definition) is 5. The summed E-state index contributed by atoms with van der Waals surface area (Å²) >= 11 is 0. The lowest BCUT2D eigenvalue weighted by Crippen LogP contribution is -2.35. The summed E-state index contributed by atoms with van der Waals surface area (Å²) in [6, 6.07) is 2.14. The molecule has 5 nitrogen and oxygen atoms in total. The standard InChI is InChI=1S/C16H29N5/c1-13(2)15-9-16(19-12-18-15)21-6-4-5-20(7-8-21)11-14(3)10-17/h9,12-14H,4-8,10-11,17H2,1-3H3. The molecule has 0 amide bonds. The van der Waals surface area contributed by atoms with Crippen LogP contribution in [0.5, 0.6) is 0 Å². The second kappa shape index (κ2) is 7.71. The number of hydrogen-bond donors (Lipinski definition) is 1. The average Bonchev–Trinajstić information content (AvgIpc) is 2.73. The number of nitrogens with zero attached hydrogens (tertiary/aromatic N) is 4. The fourth-order valence-electron chi connectivity index (χ4n) is 2.75. The summed E-state index contributed by atoms with van der Waals surface area (Å²) in [5.74, 6) is 2.09. The largest absolute Gasteiger partial charge is 0.355 e. The minimum absolute atomic E-state index is 0.445. The normalized spacial score (nSPS) is 18.8. The van der Waals surface area contributed by atoms with Crippen molar-refractivity contribution < 1.29 is 0 Å². The molecular weight excluding hydrogens is 262 g/mol. The Hall–Kier alpha value is -1.20. The molecular formula is C16H29N5. The third-order valence-corrected chi connectivity index (χ3v) is 4.15. The quantitative estimate of drug-likeness (QED) is 0.895. The third kappa shape index (κ3) is 4.64. The Morgan fingerprint density at radius 3 is 2.67 bits per heavy atom. The van der Waals surface area contributed by atoms with E-state index in [9.17, 15) is 0 Å². The van der Waals surface area contributed by atoms with Crippen LogP contribution in [0.4, 0.5) is 5.82 Å². The van der Waals surface area contributed by atoms with Crippen LogP contribution in [-0.4, -0.2) is 54.1 Å². The van der Waals surface area contributed by atoms with E-state index in [1.165, 1.54) is 6.42 Å². The highest BCUT2D eigenvalue weighted by molar-refractivity contribution is 5.39. The average molecular weight is 291 g/mol. The Kier molecular flexibility index (Phi) is 5.94. The fraction of sp³-hybridized carbons (Fsp3) is 0.750. The molecule has 1 aromatic rings. The summed E-state index contributed by atoms with van der Waals surface area (Å²) < 4.78 is 0. The van der Waals surface area contributed by atoms with Crippen molar-refractivity contribution in [1.29, 1.82) is 0 Å². The monoisotopic (exact) mass is 291 g/mol. The predicted molar refractivity (Wildman–Crippen MR) is 87.6 cm³/mol. The molecule has 1 saturated heterocycles. The Bertz CT molecular complexity index is 434. The zero-order valence-corrected chi connectivity index (χ0v) is 13.6. The van der Waals surface area contributed by atoms with Gasteiger partial charge in [-0.05, 0) is 31.3 Å². The molecule has 2 N–H and O–H groups in total. The molecule has 1 fully saturated rings. The van der Waals surface area contributed by atoms with Crippen LogP contribution in [0.25, 0.3) is 0 Å². The van der Waals surface area contributed by atoms with Gasteiger partial charge in [0, 0.05) is 37.9 Å². The van der Waals surface area contributed by atoms with Crippen LogP contribution in [0, 0.1) is 5.92 Å². The molecule has 0 spiro atoms. The maximum absolute atomic E-state index is 5.74. The van der Waals surface area contributed by atoms with E-state index in [1.54, 1.807) is 6.33 Å². The molecule has 0 radical (unpaired) electrons. The van der Waals surface area contributed by atoms with E-state index >= 15 is 0 Å². The zero-order valence-electron chi connectivity index (χ0n) is 13.6. The molecule has 1 aliphatic heterocycles. The smallest absolute Gasteiger partial charge is 0.132 e. The first-order valence-electron chi connectivity index (χ1n) is 8.09. The van der Waals surface area contributed by atoms with Crippen molar-refractivity contribution in [2.45, 2.75) is 33.1 Å². The number of nitrogens with two attached hydrogens (primary N) is 1. The van der Waals surface area contributed by atoms with E-state index in [-0.39, 0.29) is 0 Å². The second-order valence-electron chi connectivity index (χ2n) is 6.44. The molecule has 2 rings (SSSR count). The zero-order chi connectivity index (χ0) is 15.2. The highest BCUT2D eigenvalue weighted by atomic mass is 15.2. The topological polar surface area (TPSA) is 58.3 Å². The van der Waals surface area contributed by atoms with E-state index in [0.29, 0.717) is 11.8 Å². The Morgan fingerprint density at radius 2 is 1.95 bits per heavy atom. The third-order valence-electron chi connectivity index (χ3n) is 4.15. The van der Waals surface area contributed by atoms with Crippen LogP contribution in [0.2, 0.25) is 0 Å². The van der Waals surface area contributed by atoms with Gasteiger partial charge in [0.25, 0.3) is 0 Å². The van der Waals surface area contributed by atoms with Gasteiger partial charge in [0.2, 0.25) is 0 Å². The van der Waals surface area contributed by atoms with Crippen LogP contribution in [0.3, 0.4) is 0 Å². The van der Waals surface area contributed by atoms with Crippen LogP contribution >= 0.6 is 0 Å². The lowest BCUT2D eigenvalue weighted by molar-refractivity contribution is 0.255. The Morgan fingerprint density at radius 1 is 1.14 bits per heavy atom. The highest BCUT2D eigenvalue weighted by Crippen LogP contribution is 2.18. The van der Waals surface area contributed by atoms with Crippen molar-refractivity contribution in [3.63, 3.8) is 0 Å². The molecule has 1 atom stereocenters. The van der Waals surface area contributed by atoms with Crippen LogP contribution in [0.15, 0.2) is 12.4 Å². The predicted octanol–water partition coefficient (Wildman–Crippen LogP) is 1.71. The first-order valence-corrected chi connectivity index (χ1v) is 8.09. The second-order valence-corrected chi connectivity index (χ2v) is 6.44. The maximum atomic E-state index is 5.74. The summed E-state index contributed by atoms with van der Waals surface area (Å²) in [7, 11) is 0. The number of aromatic nitrogens is 2. The van der Waals surface area contributed by atoms with Gasteiger partial charge < -0.3 is 15.5 Å². The minimum Gasteiger partial charge on any atom is -0.355 e. The van der Waals surface area contributed by atoms with Gasteiger partial charge in [-0.1, -0.05) is 20.8 Å². The summed E-state index contributed by atoms with van der Waals surface area (Å²) in [4.78, 5) is 13.7. The van der Waals surface area contributed by atoms with Gasteiger partial charge in [0.05, 0.1) is 0 Å². The van der Waals surface area contributed by atoms with E-state index in [1.807, 2.05) is 0 Å². The van der Waals surface area contributed by atoms with Gasteiger partial charge >= 0.3 is 0 Å². The molecule has 118 valence electrons. The van der Waals surface area contributed by atoms with Crippen molar-refractivity contribution in [3.05, 3.63) is 18.1 Å². The summed E-state index contributed by atoms with van der Waals surface area (Å²) in [5, 5.41) is 0. The molecule has 1 unspecified atom stereocenters. The molecule has 21 heavy (non-hydrogen) atoms. The lowest BCUT2D eigenvalue weighted by atomic mass is 10.1. The van der Waals surface area contributed by atoms with Gasteiger partial charge in [0.15, 0.2) is 0 Å². The molecule has 0 aliphatic carbocycles. The molecule has 1 aliphatic rings. The first kappa shape index (κ1) is 16.2. The van der Waals surface area contributed by atoms with Gasteiger partial charge in [-0.25, -0.2) is 9.97 Å². The van der Waals surface area contributed by atoms with E-state index in [4.69, 9.17) is 5.73 Å². The molecule has 1 aromatic heterocycles. The first-order chi connectivity index (χ1) is 10.1. The summed E-state index contributed by atoms with van der Waals surface area (Å²) in [6.45, 7) is 12.8. The fourth-order valence-corrected chi connectivity index (χ4v) is 2.75. The van der Waals surface area contributed by atoms with Crippen LogP contribution < -0.4 is 10.6 Å². The molecule has 0 bridgehead atoms. The van der Waals surface area contributed by atoms with E-state index in [0.717, 1.165) is 50.8 Å². The van der Waals surface area contributed by atoms with Crippen molar-refractivity contribution in [2.75, 3.05) is 44.2 Å². The van der Waals surface area contributed by atoms with E-state index < -0.39 is 0 Å². The maximum Gasteiger partial charge on any atom is 0.132 e. The minimum atomic E-state index is 0.445. The summed E-state index contributed by atoms with van der Waals surface area (Å²) in [5.41, 5.74) is 6.86. The van der Waals surface area contributed by atoms with Crippen molar-refractivity contribution in [2.24, 2.45) is 11.7 Å². The van der Waals surface area contributed by atoms with Crippen LogP contribution in [0.1, 0.15) is 38.8 Å². The summed E-state index contributed by atoms with van der Waals surface area (Å²) in [6.07, 6.45) is 2.88. The lowest BCUT2D eigenvalue weighted by Gasteiger charge is -2.24. The van der Waals surface area contributed by atoms with Gasteiger partial charge in [0.1, 0.15) is 12.1 Å². The highest BCUT2D eigenvalue weighted by Gasteiger charge is 2.18. The van der Waals surface area contributed by atoms with Gasteiger partial charge in [-0.15, -0.1) is 0 Å². The number of anilines is 1. The molecule has 0 saturated carbocycles. The van der Waals surface area contributed by atoms with Gasteiger partial charge in [-0.3, -0.25) is 0 Å². The molecule has 0 aromatic carbocycles. The van der Waals surface area contributed by atoms with Gasteiger partial charge in [-0.2, -0.15) is 0 Å². The Balaban J connectivity index is 1.98. The van der Waals surface area contributed by atoms with E-state index in [2.05, 4.69) is 46.6 Å².